The molecule has 56 valence electrons. The van der Waals surface area contributed by atoms with E-state index in [0.29, 0.717) is 0 Å². The SMILES string of the molecule is CSc1ncc(C(C)S)[nH]1. The van der Waals surface area contributed by atoms with Gasteiger partial charge in [0.05, 0.1) is 6.20 Å². The number of nitrogens with zero attached hydrogens (tertiary/aromatic N) is 1. The van der Waals surface area contributed by atoms with Gasteiger partial charge in [-0.25, -0.2) is 4.98 Å². The first-order chi connectivity index (χ1) is 4.74. The van der Waals surface area contributed by atoms with Crippen LogP contribution in [0.4, 0.5) is 0 Å². The molecule has 10 heavy (non-hydrogen) atoms. The van der Waals surface area contributed by atoms with Gasteiger partial charge in [0.1, 0.15) is 0 Å². The van der Waals surface area contributed by atoms with Gasteiger partial charge >= 0.3 is 0 Å². The Morgan fingerprint density at radius 2 is 2.50 bits per heavy atom. The van der Waals surface area contributed by atoms with Crippen molar-refractivity contribution in [2.24, 2.45) is 0 Å². The predicted molar refractivity (Wildman–Crippen MR) is 47.8 cm³/mol. The Labute approximate surface area is 70.2 Å². The smallest absolute Gasteiger partial charge is 0.165 e. The lowest BCUT2D eigenvalue weighted by Gasteiger charge is -1.96. The van der Waals surface area contributed by atoms with Crippen molar-refractivity contribution in [2.45, 2.75) is 17.3 Å². The molecule has 0 spiro atoms. The summed E-state index contributed by atoms with van der Waals surface area (Å²) in [7, 11) is 0. The fourth-order valence-corrected chi connectivity index (χ4v) is 1.14. The van der Waals surface area contributed by atoms with Gasteiger partial charge in [-0.3, -0.25) is 0 Å². The molecule has 0 radical (unpaired) electrons. The van der Waals surface area contributed by atoms with Crippen LogP contribution in [0, 0.1) is 0 Å². The highest BCUT2D eigenvalue weighted by Gasteiger charge is 2.02. The van der Waals surface area contributed by atoms with E-state index in [4.69, 9.17) is 0 Å². The van der Waals surface area contributed by atoms with Gasteiger partial charge in [0.15, 0.2) is 5.16 Å². The first kappa shape index (κ1) is 8.01. The highest BCUT2D eigenvalue weighted by molar-refractivity contribution is 7.98. The molecule has 0 saturated carbocycles. The second kappa shape index (κ2) is 3.34. The van der Waals surface area contributed by atoms with Gasteiger partial charge in [0.25, 0.3) is 0 Å². The van der Waals surface area contributed by atoms with Gasteiger partial charge in [0.2, 0.25) is 0 Å². The van der Waals surface area contributed by atoms with Gasteiger partial charge in [-0.2, -0.15) is 12.6 Å². The van der Waals surface area contributed by atoms with Crippen LogP contribution in [0.5, 0.6) is 0 Å². The highest BCUT2D eigenvalue weighted by Crippen LogP contribution is 2.18. The lowest BCUT2D eigenvalue weighted by molar-refractivity contribution is 0.985. The number of hydrogen-bond acceptors (Lipinski definition) is 3. The molecule has 1 heterocycles. The number of thiol groups is 1. The number of rotatable bonds is 2. The molecule has 0 bridgehead atoms. The third kappa shape index (κ3) is 1.70. The molecule has 1 rings (SSSR count). The minimum absolute atomic E-state index is 0.244. The molecule has 0 saturated heterocycles. The normalized spacial score (nSPS) is 13.5. The molecule has 1 aromatic heterocycles. The van der Waals surface area contributed by atoms with Crippen LogP contribution in [0.3, 0.4) is 0 Å². The molecule has 2 nitrogen and oxygen atoms in total. The lowest BCUT2D eigenvalue weighted by atomic mass is 10.4. The zero-order chi connectivity index (χ0) is 7.56. The minimum atomic E-state index is 0.244. The monoisotopic (exact) mass is 174 g/mol. The van der Waals surface area contributed by atoms with Gasteiger partial charge in [-0.15, -0.1) is 0 Å². The van der Waals surface area contributed by atoms with E-state index >= 15 is 0 Å². The summed E-state index contributed by atoms with van der Waals surface area (Å²) in [5.74, 6) is 0. The van der Waals surface area contributed by atoms with Crippen LogP contribution >= 0.6 is 24.4 Å². The predicted octanol–water partition coefficient (Wildman–Crippen LogP) is 2.12. The average Bonchev–Trinajstić information content (AvgIpc) is 2.34. The molecule has 1 aromatic rings. The van der Waals surface area contributed by atoms with E-state index in [2.05, 4.69) is 22.6 Å². The fraction of sp³-hybridized carbons (Fsp3) is 0.500. The van der Waals surface area contributed by atoms with Gasteiger partial charge in [0, 0.05) is 10.9 Å². The molecule has 1 unspecified atom stereocenters. The van der Waals surface area contributed by atoms with Crippen LogP contribution in [0.1, 0.15) is 17.9 Å². The van der Waals surface area contributed by atoms with Crippen molar-refractivity contribution in [3.8, 4) is 0 Å². The fourth-order valence-electron chi connectivity index (χ4n) is 0.632. The zero-order valence-corrected chi connectivity index (χ0v) is 7.67. The Kier molecular flexibility index (Phi) is 2.68. The van der Waals surface area contributed by atoms with Crippen molar-refractivity contribution in [1.82, 2.24) is 9.97 Å². The van der Waals surface area contributed by atoms with E-state index in [1.165, 1.54) is 0 Å². The van der Waals surface area contributed by atoms with Crippen molar-refractivity contribution in [2.75, 3.05) is 6.26 Å². The number of thioether (sulfide) groups is 1. The molecule has 0 aromatic carbocycles. The summed E-state index contributed by atoms with van der Waals surface area (Å²) in [4.78, 5) is 7.25. The molecule has 0 aliphatic heterocycles. The maximum Gasteiger partial charge on any atom is 0.165 e. The number of nitrogens with one attached hydrogen (secondary N) is 1. The van der Waals surface area contributed by atoms with Crippen LogP contribution in [0.15, 0.2) is 11.4 Å². The molecule has 0 aliphatic rings. The van der Waals surface area contributed by atoms with E-state index in [1.54, 1.807) is 11.8 Å². The molecule has 1 N–H and O–H groups in total. The van der Waals surface area contributed by atoms with Crippen LogP contribution < -0.4 is 0 Å². The molecular formula is C6H10N2S2. The van der Waals surface area contributed by atoms with Crippen LogP contribution in [-0.2, 0) is 0 Å². The number of imidazole rings is 1. The Hall–Kier alpha value is -0.0900. The van der Waals surface area contributed by atoms with Crippen molar-refractivity contribution in [3.63, 3.8) is 0 Å². The largest absolute Gasteiger partial charge is 0.336 e. The number of H-pyrrole nitrogens is 1. The van der Waals surface area contributed by atoms with Crippen molar-refractivity contribution < 1.29 is 0 Å². The van der Waals surface area contributed by atoms with E-state index in [1.807, 2.05) is 19.4 Å². The zero-order valence-electron chi connectivity index (χ0n) is 5.96. The Morgan fingerprint density at radius 1 is 1.80 bits per heavy atom. The molecular weight excluding hydrogens is 164 g/mol. The quantitative estimate of drug-likeness (QED) is 0.531. The summed E-state index contributed by atoms with van der Waals surface area (Å²) in [5, 5.41) is 1.20. The summed E-state index contributed by atoms with van der Waals surface area (Å²) in [6.07, 6.45) is 3.81. The van der Waals surface area contributed by atoms with E-state index in [0.717, 1.165) is 10.9 Å². The average molecular weight is 174 g/mol. The van der Waals surface area contributed by atoms with E-state index in [-0.39, 0.29) is 5.25 Å². The Morgan fingerprint density at radius 3 is 2.80 bits per heavy atom. The number of aromatic nitrogens is 2. The molecule has 0 fully saturated rings. The maximum atomic E-state index is 4.26. The van der Waals surface area contributed by atoms with Gasteiger partial charge < -0.3 is 4.98 Å². The summed E-state index contributed by atoms with van der Waals surface area (Å²) in [6, 6.07) is 0. The third-order valence-corrected chi connectivity index (χ3v) is 2.09. The summed E-state index contributed by atoms with van der Waals surface area (Å²) < 4.78 is 0. The van der Waals surface area contributed by atoms with Crippen molar-refractivity contribution >= 4 is 24.4 Å². The molecule has 1 atom stereocenters. The Bertz CT molecular complexity index is 207. The molecule has 4 heteroatoms. The Balaban J connectivity index is 2.78. The summed E-state index contributed by atoms with van der Waals surface area (Å²) >= 11 is 5.87. The van der Waals surface area contributed by atoms with E-state index < -0.39 is 0 Å². The standard InChI is InChI=1S/C6H10N2S2/c1-4(9)5-3-7-6(8-5)10-2/h3-4,9H,1-2H3,(H,7,8). The van der Waals surface area contributed by atoms with Crippen LogP contribution in [-0.4, -0.2) is 16.2 Å². The summed E-state index contributed by atoms with van der Waals surface area (Å²) in [6.45, 7) is 2.01. The van der Waals surface area contributed by atoms with Crippen molar-refractivity contribution in [1.29, 1.82) is 0 Å². The van der Waals surface area contributed by atoms with Gasteiger partial charge in [-0.1, -0.05) is 11.8 Å². The van der Waals surface area contributed by atoms with E-state index in [9.17, 15) is 0 Å². The minimum Gasteiger partial charge on any atom is -0.336 e. The first-order valence-corrected chi connectivity index (χ1v) is 4.75. The first-order valence-electron chi connectivity index (χ1n) is 3.01. The van der Waals surface area contributed by atoms with Crippen LogP contribution in [0.2, 0.25) is 0 Å². The molecule has 0 amide bonds. The third-order valence-electron chi connectivity index (χ3n) is 1.22. The second-order valence-corrected chi connectivity index (χ2v) is 3.59. The number of hydrogen-bond donors (Lipinski definition) is 2. The van der Waals surface area contributed by atoms with Crippen molar-refractivity contribution in [3.05, 3.63) is 11.9 Å². The van der Waals surface area contributed by atoms with Crippen LogP contribution in [0.25, 0.3) is 0 Å². The topological polar surface area (TPSA) is 28.7 Å². The second-order valence-electron chi connectivity index (χ2n) is 2.02. The maximum absolute atomic E-state index is 4.26. The highest BCUT2D eigenvalue weighted by atomic mass is 32.2. The van der Waals surface area contributed by atoms with Gasteiger partial charge in [-0.05, 0) is 13.2 Å². The summed E-state index contributed by atoms with van der Waals surface area (Å²) in [5.41, 5.74) is 1.08. The lowest BCUT2D eigenvalue weighted by Crippen LogP contribution is -1.82. The number of aromatic amines is 1. The molecule has 0 aliphatic carbocycles.